The van der Waals surface area contributed by atoms with E-state index in [1.165, 1.54) is 0 Å². The van der Waals surface area contributed by atoms with E-state index in [0.29, 0.717) is 6.04 Å². The van der Waals surface area contributed by atoms with Crippen molar-refractivity contribution >= 4 is 18.6 Å². The normalized spacial score (nSPS) is 18.0. The van der Waals surface area contributed by atoms with E-state index in [2.05, 4.69) is 16.0 Å². The zero-order chi connectivity index (χ0) is 19.3. The molecule has 1 fully saturated rings. The van der Waals surface area contributed by atoms with Crippen molar-refractivity contribution in [2.24, 2.45) is 0 Å². The SMILES string of the molecule is Cc1cccc2c(=O)[nH]c(CCN3CCCC3CO)cc12.O=P(O)(O)O. The summed E-state index contributed by atoms with van der Waals surface area (Å²) >= 11 is 0. The summed E-state index contributed by atoms with van der Waals surface area (Å²) in [7, 11) is -4.64. The highest BCUT2D eigenvalue weighted by Crippen LogP contribution is 2.25. The van der Waals surface area contributed by atoms with Crippen LogP contribution in [-0.2, 0) is 11.0 Å². The summed E-state index contributed by atoms with van der Waals surface area (Å²) < 4.78 is 8.88. The van der Waals surface area contributed by atoms with Crippen LogP contribution in [0.15, 0.2) is 29.1 Å². The Labute approximate surface area is 151 Å². The van der Waals surface area contributed by atoms with Gasteiger partial charge in [-0.2, -0.15) is 0 Å². The lowest BCUT2D eigenvalue weighted by molar-refractivity contribution is 0.160. The van der Waals surface area contributed by atoms with Gasteiger partial charge in [-0.25, -0.2) is 4.57 Å². The number of H-pyrrole nitrogens is 1. The van der Waals surface area contributed by atoms with Gasteiger partial charge < -0.3 is 24.8 Å². The molecule has 1 aromatic carbocycles. The Morgan fingerprint density at radius 3 is 2.62 bits per heavy atom. The van der Waals surface area contributed by atoms with Gasteiger partial charge in [-0.05, 0) is 49.4 Å². The van der Waals surface area contributed by atoms with Gasteiger partial charge in [-0.15, -0.1) is 0 Å². The van der Waals surface area contributed by atoms with Crippen molar-refractivity contribution in [2.75, 3.05) is 19.7 Å². The Hall–Kier alpha value is -1.54. The first-order valence-electron chi connectivity index (χ1n) is 8.43. The van der Waals surface area contributed by atoms with Gasteiger partial charge in [0, 0.05) is 30.1 Å². The molecule has 0 bridgehead atoms. The highest BCUT2D eigenvalue weighted by molar-refractivity contribution is 7.45. The van der Waals surface area contributed by atoms with E-state index in [1.807, 2.05) is 25.1 Å². The molecule has 8 nitrogen and oxygen atoms in total. The van der Waals surface area contributed by atoms with Crippen LogP contribution in [0.25, 0.3) is 10.8 Å². The third-order valence-corrected chi connectivity index (χ3v) is 4.54. The lowest BCUT2D eigenvalue weighted by atomic mass is 10.1. The fraction of sp³-hybridized carbons (Fsp3) is 0.471. The van der Waals surface area contributed by atoms with Gasteiger partial charge in [0.15, 0.2) is 0 Å². The van der Waals surface area contributed by atoms with Crippen LogP contribution in [0.3, 0.4) is 0 Å². The first-order chi connectivity index (χ1) is 12.2. The summed E-state index contributed by atoms with van der Waals surface area (Å²) in [6.45, 7) is 4.20. The predicted octanol–water partition coefficient (Wildman–Crippen LogP) is 0.907. The minimum Gasteiger partial charge on any atom is -0.395 e. The maximum Gasteiger partial charge on any atom is 0.466 e. The monoisotopic (exact) mass is 384 g/mol. The van der Waals surface area contributed by atoms with Crippen LogP contribution in [0.4, 0.5) is 0 Å². The minimum absolute atomic E-state index is 0.00803. The van der Waals surface area contributed by atoms with Crippen LogP contribution in [0.1, 0.15) is 24.1 Å². The number of aryl methyl sites for hydroxylation is 1. The number of aromatic amines is 1. The molecular formula is C17H25N2O6P. The smallest absolute Gasteiger partial charge is 0.395 e. The summed E-state index contributed by atoms with van der Waals surface area (Å²) in [6.07, 6.45) is 3.04. The molecule has 26 heavy (non-hydrogen) atoms. The second-order valence-electron chi connectivity index (χ2n) is 6.44. The molecule has 2 aromatic rings. The van der Waals surface area contributed by atoms with Gasteiger partial charge in [0.05, 0.1) is 6.61 Å². The Kier molecular flexibility index (Phi) is 7.11. The molecule has 0 aliphatic carbocycles. The van der Waals surface area contributed by atoms with Gasteiger partial charge in [-0.3, -0.25) is 9.69 Å². The Balaban J connectivity index is 0.000000431. The van der Waals surface area contributed by atoms with Crippen molar-refractivity contribution in [3.05, 3.63) is 45.9 Å². The van der Waals surface area contributed by atoms with E-state index in [4.69, 9.17) is 19.2 Å². The predicted molar refractivity (Wildman–Crippen MR) is 99.0 cm³/mol. The number of aliphatic hydroxyl groups is 1. The van der Waals surface area contributed by atoms with Crippen molar-refractivity contribution in [3.8, 4) is 0 Å². The molecule has 0 saturated carbocycles. The highest BCUT2D eigenvalue weighted by Gasteiger charge is 2.23. The van der Waals surface area contributed by atoms with E-state index >= 15 is 0 Å². The van der Waals surface area contributed by atoms with Gasteiger partial charge in [0.2, 0.25) is 0 Å². The number of nitrogens with zero attached hydrogens (tertiary/aromatic N) is 1. The lowest BCUT2D eigenvalue weighted by Gasteiger charge is -2.22. The zero-order valence-corrected chi connectivity index (χ0v) is 15.5. The largest absolute Gasteiger partial charge is 0.466 e. The Morgan fingerprint density at radius 1 is 1.27 bits per heavy atom. The fourth-order valence-electron chi connectivity index (χ4n) is 3.29. The second-order valence-corrected chi connectivity index (χ2v) is 7.46. The number of hydrogen-bond acceptors (Lipinski definition) is 4. The molecule has 5 N–H and O–H groups in total. The summed E-state index contributed by atoms with van der Waals surface area (Å²) in [5.41, 5.74) is 2.10. The summed E-state index contributed by atoms with van der Waals surface area (Å²) in [4.78, 5) is 39.0. The van der Waals surface area contributed by atoms with Crippen molar-refractivity contribution in [2.45, 2.75) is 32.2 Å². The zero-order valence-electron chi connectivity index (χ0n) is 14.6. The van der Waals surface area contributed by atoms with Gasteiger partial charge in [0.1, 0.15) is 0 Å². The van der Waals surface area contributed by atoms with E-state index in [-0.39, 0.29) is 12.2 Å². The summed E-state index contributed by atoms with van der Waals surface area (Å²) in [5.74, 6) is 0. The average molecular weight is 384 g/mol. The molecule has 1 aliphatic heterocycles. The number of fused-ring (bicyclic) bond motifs is 1. The molecule has 2 heterocycles. The number of phosphoric acid groups is 1. The van der Waals surface area contributed by atoms with Crippen LogP contribution in [-0.4, -0.2) is 55.4 Å². The molecule has 1 aliphatic rings. The minimum atomic E-state index is -4.64. The van der Waals surface area contributed by atoms with Crippen LogP contribution < -0.4 is 5.56 Å². The first-order valence-corrected chi connectivity index (χ1v) is 10.0. The van der Waals surface area contributed by atoms with Crippen molar-refractivity contribution in [3.63, 3.8) is 0 Å². The maximum absolute atomic E-state index is 12.2. The fourth-order valence-corrected chi connectivity index (χ4v) is 3.29. The third-order valence-electron chi connectivity index (χ3n) is 4.54. The highest BCUT2D eigenvalue weighted by atomic mass is 31.2. The molecule has 1 saturated heterocycles. The molecular weight excluding hydrogens is 359 g/mol. The number of aromatic nitrogens is 1. The summed E-state index contributed by atoms with van der Waals surface area (Å²) in [5, 5.41) is 11.2. The van der Waals surface area contributed by atoms with Crippen molar-refractivity contribution < 1.29 is 24.4 Å². The molecule has 9 heteroatoms. The third kappa shape index (κ3) is 6.02. The molecule has 0 radical (unpaired) electrons. The molecule has 1 unspecified atom stereocenters. The summed E-state index contributed by atoms with van der Waals surface area (Å²) in [6, 6.07) is 8.21. The van der Waals surface area contributed by atoms with E-state index in [1.54, 1.807) is 0 Å². The van der Waals surface area contributed by atoms with Crippen molar-refractivity contribution in [1.29, 1.82) is 0 Å². The Morgan fingerprint density at radius 2 is 1.96 bits per heavy atom. The quantitative estimate of drug-likeness (QED) is 0.495. The molecule has 0 spiro atoms. The van der Waals surface area contributed by atoms with E-state index in [9.17, 15) is 9.90 Å². The van der Waals surface area contributed by atoms with Crippen LogP contribution in [0, 0.1) is 6.92 Å². The second kappa shape index (κ2) is 8.90. The van der Waals surface area contributed by atoms with Gasteiger partial charge in [-0.1, -0.05) is 12.1 Å². The van der Waals surface area contributed by atoms with E-state index in [0.717, 1.165) is 54.4 Å². The first kappa shape index (κ1) is 20.8. The van der Waals surface area contributed by atoms with Crippen LogP contribution >= 0.6 is 7.82 Å². The average Bonchev–Trinajstić information content (AvgIpc) is 3.00. The van der Waals surface area contributed by atoms with Crippen LogP contribution in [0.2, 0.25) is 0 Å². The van der Waals surface area contributed by atoms with E-state index < -0.39 is 7.82 Å². The number of benzene rings is 1. The maximum atomic E-state index is 12.2. The molecule has 144 valence electrons. The number of rotatable bonds is 4. The number of likely N-dealkylation sites (tertiary alicyclic amines) is 1. The van der Waals surface area contributed by atoms with Crippen molar-refractivity contribution in [1.82, 2.24) is 9.88 Å². The molecule has 1 aromatic heterocycles. The lowest BCUT2D eigenvalue weighted by Crippen LogP contribution is -2.34. The number of nitrogens with one attached hydrogen (secondary N) is 1. The van der Waals surface area contributed by atoms with Gasteiger partial charge in [0.25, 0.3) is 5.56 Å². The topological polar surface area (TPSA) is 134 Å². The standard InChI is InChI=1S/C17H22N2O2.H3O4P/c1-12-4-2-6-15-16(12)10-13(18-17(15)21)7-9-19-8-3-5-14(19)11-20;1-5(2,3)4/h2,4,6,10,14,20H,3,5,7-9,11H2,1H3,(H,18,21);(H3,1,2,3,4). The molecule has 3 rings (SSSR count). The number of hydrogen-bond donors (Lipinski definition) is 5. The molecule has 1 atom stereocenters. The van der Waals surface area contributed by atoms with Crippen LogP contribution in [0.5, 0.6) is 0 Å². The van der Waals surface area contributed by atoms with Gasteiger partial charge >= 0.3 is 7.82 Å². The Bertz CT molecular complexity index is 838. The molecule has 0 amide bonds. The number of pyridine rings is 1. The number of aliphatic hydroxyl groups excluding tert-OH is 1.